The number of pyridine rings is 1. The smallest absolute Gasteiger partial charge is 0.361 e. The van der Waals surface area contributed by atoms with Crippen molar-refractivity contribution in [1.29, 1.82) is 0 Å². The second-order valence-corrected chi connectivity index (χ2v) is 3.56. The molecule has 2 rings (SSSR count). The van der Waals surface area contributed by atoms with E-state index in [-0.39, 0.29) is 5.69 Å². The number of carbonyl (C=O) groups excluding carboxylic acids is 1. The number of hydrogen-bond donors (Lipinski definition) is 0. The highest BCUT2D eigenvalue weighted by Crippen LogP contribution is 2.21. The van der Waals surface area contributed by atoms with E-state index in [4.69, 9.17) is 4.74 Å². The minimum atomic E-state index is -0.462. The van der Waals surface area contributed by atoms with E-state index in [1.54, 1.807) is 30.1 Å². The first-order valence-corrected chi connectivity index (χ1v) is 5.78. The Hall–Kier alpha value is -2.24. The molecule has 0 N–H and O–H groups in total. The van der Waals surface area contributed by atoms with E-state index in [9.17, 15) is 4.79 Å². The summed E-state index contributed by atoms with van der Waals surface area (Å²) in [4.78, 5) is 15.9. The van der Waals surface area contributed by atoms with E-state index in [0.29, 0.717) is 18.8 Å². The third-order valence-electron chi connectivity index (χ3n) is 2.44. The molecular formula is C12H14N4O2. The van der Waals surface area contributed by atoms with Crippen LogP contribution in [0.1, 0.15) is 24.3 Å². The molecule has 0 amide bonds. The summed E-state index contributed by atoms with van der Waals surface area (Å²) in [5.74, 6) is -0.462. The van der Waals surface area contributed by atoms with Crippen LogP contribution in [0.2, 0.25) is 0 Å². The number of nitrogens with zero attached hydrogens (tertiary/aromatic N) is 4. The summed E-state index contributed by atoms with van der Waals surface area (Å²) in [6.45, 7) is 4.62. The number of carbonyl (C=O) groups is 1. The highest BCUT2D eigenvalue weighted by atomic mass is 16.5. The molecule has 18 heavy (non-hydrogen) atoms. The lowest BCUT2D eigenvalue weighted by Gasteiger charge is -2.05. The summed E-state index contributed by atoms with van der Waals surface area (Å²) in [7, 11) is 0. The van der Waals surface area contributed by atoms with Gasteiger partial charge in [-0.05, 0) is 26.0 Å². The standard InChI is InChI=1S/C12H14N4O2/c1-3-16-11(9-6-5-7-13-8-9)10(14-15-16)12(17)18-4-2/h5-8H,3-4H2,1-2H3. The maximum Gasteiger partial charge on any atom is 0.361 e. The van der Waals surface area contributed by atoms with Gasteiger partial charge in [-0.25, -0.2) is 9.48 Å². The van der Waals surface area contributed by atoms with Crippen LogP contribution in [0.3, 0.4) is 0 Å². The van der Waals surface area contributed by atoms with Crippen LogP contribution >= 0.6 is 0 Å². The Morgan fingerprint density at radius 2 is 2.28 bits per heavy atom. The number of aryl methyl sites for hydroxylation is 1. The lowest BCUT2D eigenvalue weighted by molar-refractivity contribution is 0.0520. The monoisotopic (exact) mass is 246 g/mol. The van der Waals surface area contributed by atoms with Gasteiger partial charge in [-0.2, -0.15) is 0 Å². The molecule has 0 aromatic carbocycles. The fourth-order valence-corrected chi connectivity index (χ4v) is 1.66. The lowest BCUT2D eigenvalue weighted by atomic mass is 10.1. The summed E-state index contributed by atoms with van der Waals surface area (Å²) in [5.41, 5.74) is 1.67. The molecule has 0 spiro atoms. The summed E-state index contributed by atoms with van der Waals surface area (Å²) in [6, 6.07) is 3.66. The SMILES string of the molecule is CCOC(=O)c1nnn(CC)c1-c1cccnc1. The van der Waals surface area contributed by atoms with Crippen LogP contribution in [0, 0.1) is 0 Å². The second-order valence-electron chi connectivity index (χ2n) is 3.56. The van der Waals surface area contributed by atoms with E-state index < -0.39 is 5.97 Å². The van der Waals surface area contributed by atoms with E-state index in [1.807, 2.05) is 13.0 Å². The zero-order valence-corrected chi connectivity index (χ0v) is 10.3. The Labute approximate surface area is 105 Å². The van der Waals surface area contributed by atoms with Gasteiger partial charge in [-0.3, -0.25) is 4.98 Å². The average Bonchev–Trinajstić information content (AvgIpc) is 2.83. The van der Waals surface area contributed by atoms with Crippen LogP contribution in [-0.2, 0) is 11.3 Å². The van der Waals surface area contributed by atoms with Gasteiger partial charge in [0.05, 0.1) is 6.61 Å². The van der Waals surface area contributed by atoms with E-state index in [2.05, 4.69) is 15.3 Å². The van der Waals surface area contributed by atoms with Crippen molar-refractivity contribution in [3.8, 4) is 11.3 Å². The number of esters is 1. The van der Waals surface area contributed by atoms with Crippen molar-refractivity contribution in [3.05, 3.63) is 30.2 Å². The molecule has 0 saturated carbocycles. The molecule has 0 aliphatic heterocycles. The predicted octanol–water partition coefficient (Wildman–Crippen LogP) is 1.54. The molecular weight excluding hydrogens is 232 g/mol. The summed E-state index contributed by atoms with van der Waals surface area (Å²) < 4.78 is 6.63. The predicted molar refractivity (Wildman–Crippen MR) is 64.9 cm³/mol. The number of rotatable bonds is 4. The Balaban J connectivity index is 2.50. The van der Waals surface area contributed by atoms with E-state index >= 15 is 0 Å². The van der Waals surface area contributed by atoms with Crippen molar-refractivity contribution >= 4 is 5.97 Å². The Kier molecular flexibility index (Phi) is 3.66. The third-order valence-corrected chi connectivity index (χ3v) is 2.44. The molecule has 6 nitrogen and oxygen atoms in total. The largest absolute Gasteiger partial charge is 0.461 e. The molecule has 2 aromatic heterocycles. The van der Waals surface area contributed by atoms with Gasteiger partial charge >= 0.3 is 5.97 Å². The molecule has 0 atom stereocenters. The zero-order chi connectivity index (χ0) is 13.0. The fourth-order valence-electron chi connectivity index (χ4n) is 1.66. The first-order chi connectivity index (χ1) is 8.77. The maximum absolute atomic E-state index is 11.8. The van der Waals surface area contributed by atoms with Crippen LogP contribution in [0.15, 0.2) is 24.5 Å². The van der Waals surface area contributed by atoms with Crippen molar-refractivity contribution in [2.24, 2.45) is 0 Å². The molecule has 0 unspecified atom stereocenters. The lowest BCUT2D eigenvalue weighted by Crippen LogP contribution is -2.08. The summed E-state index contributed by atoms with van der Waals surface area (Å²) in [5, 5.41) is 7.84. The first kappa shape index (κ1) is 12.2. The van der Waals surface area contributed by atoms with Gasteiger partial charge < -0.3 is 4.74 Å². The molecule has 0 fully saturated rings. The van der Waals surface area contributed by atoms with Gasteiger partial charge in [0.25, 0.3) is 0 Å². The molecule has 0 saturated heterocycles. The van der Waals surface area contributed by atoms with Crippen LogP contribution in [0.25, 0.3) is 11.3 Å². The maximum atomic E-state index is 11.8. The minimum absolute atomic E-state index is 0.228. The summed E-state index contributed by atoms with van der Waals surface area (Å²) >= 11 is 0. The molecule has 0 radical (unpaired) electrons. The topological polar surface area (TPSA) is 69.9 Å². The zero-order valence-electron chi connectivity index (χ0n) is 10.3. The Morgan fingerprint density at radius 3 is 2.89 bits per heavy atom. The quantitative estimate of drug-likeness (QED) is 0.765. The van der Waals surface area contributed by atoms with Crippen molar-refractivity contribution < 1.29 is 9.53 Å². The van der Waals surface area contributed by atoms with Crippen molar-refractivity contribution in [2.75, 3.05) is 6.61 Å². The normalized spacial score (nSPS) is 10.3. The van der Waals surface area contributed by atoms with E-state index in [0.717, 1.165) is 5.56 Å². The molecule has 0 bridgehead atoms. The van der Waals surface area contributed by atoms with Gasteiger partial charge in [-0.1, -0.05) is 5.21 Å². The van der Waals surface area contributed by atoms with Crippen molar-refractivity contribution in [2.45, 2.75) is 20.4 Å². The van der Waals surface area contributed by atoms with Gasteiger partial charge in [0.1, 0.15) is 5.69 Å². The molecule has 6 heteroatoms. The van der Waals surface area contributed by atoms with E-state index in [1.165, 1.54) is 0 Å². The molecule has 2 aromatic rings. The molecule has 2 heterocycles. The molecule has 0 aliphatic rings. The van der Waals surface area contributed by atoms with Crippen LogP contribution < -0.4 is 0 Å². The summed E-state index contributed by atoms with van der Waals surface area (Å²) in [6.07, 6.45) is 3.35. The molecule has 0 aliphatic carbocycles. The van der Waals surface area contributed by atoms with Crippen molar-refractivity contribution in [3.63, 3.8) is 0 Å². The third kappa shape index (κ3) is 2.22. The van der Waals surface area contributed by atoms with Gasteiger partial charge in [0, 0.05) is 24.5 Å². The molecule has 94 valence electrons. The van der Waals surface area contributed by atoms with Gasteiger partial charge in [-0.15, -0.1) is 5.10 Å². The first-order valence-electron chi connectivity index (χ1n) is 5.78. The van der Waals surface area contributed by atoms with Crippen molar-refractivity contribution in [1.82, 2.24) is 20.0 Å². The Morgan fingerprint density at radius 1 is 1.44 bits per heavy atom. The second kappa shape index (κ2) is 5.39. The number of hydrogen-bond acceptors (Lipinski definition) is 5. The number of aromatic nitrogens is 4. The minimum Gasteiger partial charge on any atom is -0.461 e. The Bertz CT molecular complexity index is 536. The number of ether oxygens (including phenoxy) is 1. The van der Waals surface area contributed by atoms with Crippen LogP contribution in [0.5, 0.6) is 0 Å². The highest BCUT2D eigenvalue weighted by molar-refractivity contribution is 5.93. The van der Waals surface area contributed by atoms with Crippen LogP contribution in [-0.4, -0.2) is 32.6 Å². The highest BCUT2D eigenvalue weighted by Gasteiger charge is 2.21. The average molecular weight is 246 g/mol. The van der Waals surface area contributed by atoms with Gasteiger partial charge in [0.15, 0.2) is 5.69 Å². The van der Waals surface area contributed by atoms with Gasteiger partial charge in [0.2, 0.25) is 0 Å². The fraction of sp³-hybridized carbons (Fsp3) is 0.333. The van der Waals surface area contributed by atoms with Crippen LogP contribution in [0.4, 0.5) is 0 Å².